The van der Waals surface area contributed by atoms with E-state index in [9.17, 15) is 4.79 Å². The van der Waals surface area contributed by atoms with Crippen molar-refractivity contribution in [3.05, 3.63) is 0 Å². The number of carbonyl (C=O) groups is 1. The summed E-state index contributed by atoms with van der Waals surface area (Å²) in [7, 11) is 2.00. The highest BCUT2D eigenvalue weighted by Crippen LogP contribution is 2.24. The zero-order valence-corrected chi connectivity index (χ0v) is 11.7. The molecule has 0 unspecified atom stereocenters. The highest BCUT2D eigenvalue weighted by molar-refractivity contribution is 5.85. The standard InChI is InChI=1S/C12H24N2O.ClH/c1-5-12(2,3)11(15)14-8-6-10(13-4)7-9-14;/h10,13H,5-9H2,1-4H3;1H. The summed E-state index contributed by atoms with van der Waals surface area (Å²) < 4.78 is 0. The number of amides is 1. The summed E-state index contributed by atoms with van der Waals surface area (Å²) in [6, 6.07) is 0.596. The molecule has 0 aromatic rings. The first-order chi connectivity index (χ1) is 7.01. The highest BCUT2D eigenvalue weighted by atomic mass is 35.5. The minimum atomic E-state index is -0.188. The Morgan fingerprint density at radius 2 is 1.88 bits per heavy atom. The molecule has 0 atom stereocenters. The summed E-state index contributed by atoms with van der Waals surface area (Å²) in [5, 5.41) is 3.28. The van der Waals surface area contributed by atoms with Crippen LogP contribution >= 0.6 is 12.4 Å². The van der Waals surface area contributed by atoms with Crippen LogP contribution in [0.25, 0.3) is 0 Å². The Balaban J connectivity index is 0.00000225. The number of nitrogens with one attached hydrogen (secondary N) is 1. The molecule has 16 heavy (non-hydrogen) atoms. The number of piperidine rings is 1. The van der Waals surface area contributed by atoms with Crippen LogP contribution < -0.4 is 5.32 Å². The smallest absolute Gasteiger partial charge is 0.228 e. The van der Waals surface area contributed by atoms with E-state index in [-0.39, 0.29) is 17.8 Å². The summed E-state index contributed by atoms with van der Waals surface area (Å²) >= 11 is 0. The lowest BCUT2D eigenvalue weighted by atomic mass is 9.87. The van der Waals surface area contributed by atoms with Crippen molar-refractivity contribution in [1.82, 2.24) is 10.2 Å². The lowest BCUT2D eigenvalue weighted by Crippen LogP contribution is -2.48. The number of carbonyl (C=O) groups excluding carboxylic acids is 1. The van der Waals surface area contributed by atoms with E-state index in [1.54, 1.807) is 0 Å². The molecular formula is C12H25ClN2O. The maximum Gasteiger partial charge on any atom is 0.228 e. The van der Waals surface area contributed by atoms with Crippen LogP contribution in [0.2, 0.25) is 0 Å². The average molecular weight is 249 g/mol. The van der Waals surface area contributed by atoms with Crippen LogP contribution in [0.1, 0.15) is 40.0 Å². The largest absolute Gasteiger partial charge is 0.342 e. The van der Waals surface area contributed by atoms with Gasteiger partial charge in [0, 0.05) is 24.5 Å². The van der Waals surface area contributed by atoms with E-state index < -0.39 is 0 Å². The highest BCUT2D eigenvalue weighted by Gasteiger charge is 2.32. The fourth-order valence-corrected chi connectivity index (χ4v) is 1.95. The zero-order chi connectivity index (χ0) is 11.5. The predicted molar refractivity (Wildman–Crippen MR) is 70.0 cm³/mol. The van der Waals surface area contributed by atoms with Gasteiger partial charge in [-0.1, -0.05) is 20.8 Å². The van der Waals surface area contributed by atoms with Crippen LogP contribution in [0.5, 0.6) is 0 Å². The average Bonchev–Trinajstić information content (AvgIpc) is 2.28. The second kappa shape index (κ2) is 6.45. The molecule has 0 saturated carbocycles. The van der Waals surface area contributed by atoms with E-state index in [2.05, 4.69) is 12.2 Å². The Bertz CT molecular complexity index is 223. The Morgan fingerprint density at radius 3 is 2.25 bits per heavy atom. The van der Waals surface area contributed by atoms with Crippen molar-refractivity contribution < 1.29 is 4.79 Å². The quantitative estimate of drug-likeness (QED) is 0.829. The maximum absolute atomic E-state index is 12.2. The predicted octanol–water partition coefficient (Wildman–Crippen LogP) is 2.05. The third kappa shape index (κ3) is 3.63. The Kier molecular flexibility index (Phi) is 6.34. The Hall–Kier alpha value is -0.280. The molecule has 0 bridgehead atoms. The molecule has 0 aliphatic carbocycles. The van der Waals surface area contributed by atoms with Crippen molar-refractivity contribution in [2.75, 3.05) is 20.1 Å². The normalized spacial score (nSPS) is 18.1. The van der Waals surface area contributed by atoms with Crippen molar-refractivity contribution in [1.29, 1.82) is 0 Å². The van der Waals surface area contributed by atoms with Crippen LogP contribution in [0.4, 0.5) is 0 Å². The number of hydrogen-bond acceptors (Lipinski definition) is 2. The molecule has 1 fully saturated rings. The van der Waals surface area contributed by atoms with Gasteiger partial charge in [0.2, 0.25) is 5.91 Å². The summed E-state index contributed by atoms with van der Waals surface area (Å²) in [6.45, 7) is 7.98. The first-order valence-corrected chi connectivity index (χ1v) is 5.98. The van der Waals surface area contributed by atoms with Gasteiger partial charge in [0.05, 0.1) is 0 Å². The molecular weight excluding hydrogens is 224 g/mol. The molecule has 3 nitrogen and oxygen atoms in total. The summed E-state index contributed by atoms with van der Waals surface area (Å²) in [5.41, 5.74) is -0.188. The summed E-state index contributed by atoms with van der Waals surface area (Å²) in [6.07, 6.45) is 3.09. The second-order valence-electron chi connectivity index (χ2n) is 5.09. The maximum atomic E-state index is 12.2. The molecule has 0 spiro atoms. The topological polar surface area (TPSA) is 32.3 Å². The third-order valence-electron chi connectivity index (χ3n) is 3.65. The zero-order valence-electron chi connectivity index (χ0n) is 10.9. The fraction of sp³-hybridized carbons (Fsp3) is 0.917. The van der Waals surface area contributed by atoms with Gasteiger partial charge in [-0.25, -0.2) is 0 Å². The molecule has 1 heterocycles. The summed E-state index contributed by atoms with van der Waals surface area (Å²) in [5.74, 6) is 0.319. The van der Waals surface area contributed by atoms with Gasteiger partial charge in [0.15, 0.2) is 0 Å². The van der Waals surface area contributed by atoms with Crippen LogP contribution in [0.15, 0.2) is 0 Å². The molecule has 0 radical (unpaired) electrons. The van der Waals surface area contributed by atoms with Crippen LogP contribution in [-0.4, -0.2) is 37.0 Å². The van der Waals surface area contributed by atoms with Gasteiger partial charge in [-0.3, -0.25) is 4.79 Å². The lowest BCUT2D eigenvalue weighted by Gasteiger charge is -2.36. The van der Waals surface area contributed by atoms with E-state index in [0.717, 1.165) is 32.4 Å². The first-order valence-electron chi connectivity index (χ1n) is 5.98. The van der Waals surface area contributed by atoms with Crippen molar-refractivity contribution in [3.8, 4) is 0 Å². The number of hydrogen-bond donors (Lipinski definition) is 1. The van der Waals surface area contributed by atoms with E-state index in [1.165, 1.54) is 0 Å². The molecule has 1 amide bonds. The van der Waals surface area contributed by atoms with Crippen molar-refractivity contribution >= 4 is 18.3 Å². The van der Waals surface area contributed by atoms with E-state index in [0.29, 0.717) is 11.9 Å². The SMILES string of the molecule is CCC(C)(C)C(=O)N1CCC(NC)CC1.Cl. The van der Waals surface area contributed by atoms with E-state index >= 15 is 0 Å². The van der Waals surface area contributed by atoms with Gasteiger partial charge in [0.25, 0.3) is 0 Å². The van der Waals surface area contributed by atoms with Crippen molar-refractivity contribution in [2.24, 2.45) is 5.41 Å². The van der Waals surface area contributed by atoms with Crippen molar-refractivity contribution in [3.63, 3.8) is 0 Å². The second-order valence-corrected chi connectivity index (χ2v) is 5.09. The molecule has 1 rings (SSSR count). The van der Waals surface area contributed by atoms with Gasteiger partial charge >= 0.3 is 0 Å². The number of halogens is 1. The van der Waals surface area contributed by atoms with Gasteiger partial charge < -0.3 is 10.2 Å². The summed E-state index contributed by atoms with van der Waals surface area (Å²) in [4.78, 5) is 14.2. The molecule has 1 aliphatic rings. The van der Waals surface area contributed by atoms with Crippen LogP contribution in [-0.2, 0) is 4.79 Å². The number of likely N-dealkylation sites (tertiary alicyclic amines) is 1. The lowest BCUT2D eigenvalue weighted by molar-refractivity contribution is -0.141. The molecule has 0 aromatic heterocycles. The monoisotopic (exact) mass is 248 g/mol. The first kappa shape index (κ1) is 15.7. The van der Waals surface area contributed by atoms with E-state index in [4.69, 9.17) is 0 Å². The van der Waals surface area contributed by atoms with E-state index in [1.807, 2.05) is 25.8 Å². The molecule has 1 aliphatic heterocycles. The number of rotatable bonds is 3. The minimum Gasteiger partial charge on any atom is -0.342 e. The minimum absolute atomic E-state index is 0. The number of nitrogens with zero attached hydrogens (tertiary/aromatic N) is 1. The molecule has 1 saturated heterocycles. The molecule has 96 valence electrons. The van der Waals surface area contributed by atoms with Gasteiger partial charge in [-0.05, 0) is 26.3 Å². The Morgan fingerprint density at radius 1 is 1.38 bits per heavy atom. The Labute approximate surface area is 105 Å². The van der Waals surface area contributed by atoms with Crippen molar-refractivity contribution in [2.45, 2.75) is 46.1 Å². The van der Waals surface area contributed by atoms with Gasteiger partial charge in [0.1, 0.15) is 0 Å². The van der Waals surface area contributed by atoms with Crippen LogP contribution in [0.3, 0.4) is 0 Å². The molecule has 0 aromatic carbocycles. The van der Waals surface area contributed by atoms with Gasteiger partial charge in [-0.2, -0.15) is 0 Å². The fourth-order valence-electron chi connectivity index (χ4n) is 1.95. The molecule has 4 heteroatoms. The third-order valence-corrected chi connectivity index (χ3v) is 3.65. The van der Waals surface area contributed by atoms with Gasteiger partial charge in [-0.15, -0.1) is 12.4 Å². The van der Waals surface area contributed by atoms with Crippen LogP contribution in [0, 0.1) is 5.41 Å². The molecule has 1 N–H and O–H groups in total.